The SMILES string of the molecule is COc1ccccc1N(CC(=O)N(Cc1ccccc1)[C@@H](C)C(=O)NCC(C)C)S(=O)(=O)c1ccccc1. The second-order valence-electron chi connectivity index (χ2n) is 9.32. The molecule has 0 aliphatic rings. The predicted octanol–water partition coefficient (Wildman–Crippen LogP) is 4.08. The summed E-state index contributed by atoms with van der Waals surface area (Å²) in [5.74, 6) is -0.289. The van der Waals surface area contributed by atoms with Crippen molar-refractivity contribution in [3.63, 3.8) is 0 Å². The molecule has 0 unspecified atom stereocenters. The van der Waals surface area contributed by atoms with Crippen molar-refractivity contribution >= 4 is 27.5 Å². The summed E-state index contributed by atoms with van der Waals surface area (Å²) in [6.45, 7) is 5.70. The van der Waals surface area contributed by atoms with E-state index in [1.54, 1.807) is 49.4 Å². The van der Waals surface area contributed by atoms with Crippen LogP contribution in [-0.4, -0.2) is 51.4 Å². The molecule has 0 aliphatic carbocycles. The molecule has 0 saturated carbocycles. The van der Waals surface area contributed by atoms with Gasteiger partial charge < -0.3 is 15.0 Å². The molecule has 2 amide bonds. The number of hydrogen-bond acceptors (Lipinski definition) is 5. The third-order valence-electron chi connectivity index (χ3n) is 6.01. The predicted molar refractivity (Wildman–Crippen MR) is 148 cm³/mol. The zero-order valence-corrected chi connectivity index (χ0v) is 23.0. The van der Waals surface area contributed by atoms with Gasteiger partial charge in [-0.15, -0.1) is 0 Å². The highest BCUT2D eigenvalue weighted by Crippen LogP contribution is 2.32. The van der Waals surface area contributed by atoms with Gasteiger partial charge in [0, 0.05) is 13.1 Å². The number of nitrogens with zero attached hydrogens (tertiary/aromatic N) is 2. The van der Waals surface area contributed by atoms with Crippen LogP contribution < -0.4 is 14.4 Å². The van der Waals surface area contributed by atoms with Crippen LogP contribution in [0.4, 0.5) is 5.69 Å². The average molecular weight is 538 g/mol. The van der Waals surface area contributed by atoms with Crippen molar-refractivity contribution in [1.29, 1.82) is 0 Å². The number of carbonyl (C=O) groups is 2. The van der Waals surface area contributed by atoms with Gasteiger partial charge in [0.15, 0.2) is 0 Å². The second-order valence-corrected chi connectivity index (χ2v) is 11.2. The van der Waals surface area contributed by atoms with Crippen LogP contribution in [0.25, 0.3) is 0 Å². The summed E-state index contributed by atoms with van der Waals surface area (Å²) in [6.07, 6.45) is 0. The first-order valence-corrected chi connectivity index (χ1v) is 13.9. The highest BCUT2D eigenvalue weighted by molar-refractivity contribution is 7.92. The van der Waals surface area contributed by atoms with Crippen LogP contribution in [0.5, 0.6) is 5.75 Å². The van der Waals surface area contributed by atoms with Crippen LogP contribution in [0.1, 0.15) is 26.3 Å². The highest BCUT2D eigenvalue weighted by Gasteiger charge is 2.33. The normalized spacial score (nSPS) is 12.0. The molecule has 0 fully saturated rings. The van der Waals surface area contributed by atoms with Crippen LogP contribution in [0.3, 0.4) is 0 Å². The molecule has 1 atom stereocenters. The quantitative estimate of drug-likeness (QED) is 0.376. The van der Waals surface area contributed by atoms with Crippen LogP contribution >= 0.6 is 0 Å². The number of rotatable bonds is 12. The van der Waals surface area contributed by atoms with Gasteiger partial charge in [-0.25, -0.2) is 8.42 Å². The van der Waals surface area contributed by atoms with Gasteiger partial charge in [0.05, 0.1) is 17.7 Å². The zero-order valence-electron chi connectivity index (χ0n) is 22.2. The number of ether oxygens (including phenoxy) is 1. The van der Waals surface area contributed by atoms with Crippen LogP contribution in [0.15, 0.2) is 89.8 Å². The number of nitrogens with one attached hydrogen (secondary N) is 1. The smallest absolute Gasteiger partial charge is 0.264 e. The Kier molecular flexibility index (Phi) is 9.90. The molecule has 0 saturated heterocycles. The monoisotopic (exact) mass is 537 g/mol. The van der Waals surface area contributed by atoms with E-state index in [0.29, 0.717) is 12.3 Å². The number of anilines is 1. The molecule has 0 radical (unpaired) electrons. The Morgan fingerprint density at radius 2 is 1.45 bits per heavy atom. The first-order valence-electron chi connectivity index (χ1n) is 12.5. The fraction of sp³-hybridized carbons (Fsp3) is 0.310. The Labute approximate surface area is 225 Å². The maximum Gasteiger partial charge on any atom is 0.264 e. The van der Waals surface area contributed by atoms with E-state index in [1.807, 2.05) is 44.2 Å². The van der Waals surface area contributed by atoms with Crippen LogP contribution in [0.2, 0.25) is 0 Å². The molecular formula is C29H35N3O5S. The lowest BCUT2D eigenvalue weighted by Gasteiger charge is -2.32. The summed E-state index contributed by atoms with van der Waals surface area (Å²) >= 11 is 0. The second kappa shape index (κ2) is 13.1. The molecule has 3 aromatic rings. The fourth-order valence-electron chi connectivity index (χ4n) is 3.88. The summed E-state index contributed by atoms with van der Waals surface area (Å²) < 4.78 is 34.1. The van der Waals surface area contributed by atoms with Gasteiger partial charge in [-0.1, -0.05) is 74.5 Å². The molecule has 8 nitrogen and oxygen atoms in total. The van der Waals surface area contributed by atoms with E-state index in [-0.39, 0.29) is 29.0 Å². The lowest BCUT2D eigenvalue weighted by Crippen LogP contribution is -2.51. The standard InChI is InChI=1S/C29H35N3O5S/c1-22(2)19-30-29(34)23(3)31(20-24-13-7-5-8-14-24)28(33)21-32(26-17-11-12-18-27(26)37-4)38(35,36)25-15-9-6-10-16-25/h5-18,22-23H,19-21H2,1-4H3,(H,30,34)/t23-/m0/s1. The van der Waals surface area contributed by atoms with Crippen molar-refractivity contribution in [2.24, 2.45) is 5.92 Å². The van der Waals surface area contributed by atoms with E-state index in [1.165, 1.54) is 24.1 Å². The third-order valence-corrected chi connectivity index (χ3v) is 7.79. The molecular weight excluding hydrogens is 502 g/mol. The largest absolute Gasteiger partial charge is 0.495 e. The number of methoxy groups -OCH3 is 1. The summed E-state index contributed by atoms with van der Waals surface area (Å²) in [7, 11) is -2.71. The summed E-state index contributed by atoms with van der Waals surface area (Å²) in [4.78, 5) is 28.3. The number of hydrogen-bond donors (Lipinski definition) is 1. The summed E-state index contributed by atoms with van der Waals surface area (Å²) in [6, 6.07) is 23.0. The van der Waals surface area contributed by atoms with Gasteiger partial charge in [-0.05, 0) is 42.7 Å². The number of sulfonamides is 1. The van der Waals surface area contributed by atoms with Crippen molar-refractivity contribution in [1.82, 2.24) is 10.2 Å². The zero-order chi connectivity index (χ0) is 27.7. The van der Waals surface area contributed by atoms with Gasteiger partial charge in [-0.3, -0.25) is 13.9 Å². The molecule has 0 spiro atoms. The molecule has 1 N–H and O–H groups in total. The molecule has 3 rings (SSSR count). The van der Waals surface area contributed by atoms with Crippen molar-refractivity contribution in [2.45, 2.75) is 38.3 Å². The third kappa shape index (κ3) is 7.13. The Balaban J connectivity index is 2.02. The first kappa shape index (κ1) is 28.7. The topological polar surface area (TPSA) is 96.0 Å². The number of para-hydroxylation sites is 2. The maximum absolute atomic E-state index is 13.9. The Morgan fingerprint density at radius 3 is 2.05 bits per heavy atom. The maximum atomic E-state index is 13.9. The molecule has 0 heterocycles. The molecule has 3 aromatic carbocycles. The molecule has 9 heteroatoms. The van der Waals surface area contributed by atoms with E-state index in [9.17, 15) is 18.0 Å². The van der Waals surface area contributed by atoms with Crippen LogP contribution in [0, 0.1) is 5.92 Å². The molecule has 202 valence electrons. The van der Waals surface area contributed by atoms with E-state index in [4.69, 9.17) is 4.74 Å². The minimum absolute atomic E-state index is 0.0380. The lowest BCUT2D eigenvalue weighted by atomic mass is 10.1. The Bertz CT molecular complexity index is 1310. The minimum atomic E-state index is -4.15. The van der Waals surface area contributed by atoms with E-state index in [2.05, 4.69) is 5.32 Å². The summed E-state index contributed by atoms with van der Waals surface area (Å²) in [5, 5.41) is 2.88. The lowest BCUT2D eigenvalue weighted by molar-refractivity contribution is -0.139. The fourth-order valence-corrected chi connectivity index (χ4v) is 5.33. The van der Waals surface area contributed by atoms with Crippen molar-refractivity contribution in [3.8, 4) is 5.75 Å². The van der Waals surface area contributed by atoms with E-state index >= 15 is 0 Å². The van der Waals surface area contributed by atoms with E-state index in [0.717, 1.165) is 9.87 Å². The minimum Gasteiger partial charge on any atom is -0.495 e. The Morgan fingerprint density at radius 1 is 0.868 bits per heavy atom. The highest BCUT2D eigenvalue weighted by atomic mass is 32.2. The Hall–Kier alpha value is -3.85. The number of carbonyl (C=O) groups excluding carboxylic acids is 2. The van der Waals surface area contributed by atoms with Crippen LogP contribution in [-0.2, 0) is 26.2 Å². The van der Waals surface area contributed by atoms with Gasteiger partial charge >= 0.3 is 0 Å². The van der Waals surface area contributed by atoms with Gasteiger partial charge in [0.25, 0.3) is 10.0 Å². The molecule has 0 aromatic heterocycles. The van der Waals surface area contributed by atoms with Gasteiger partial charge in [0.2, 0.25) is 11.8 Å². The van der Waals surface area contributed by atoms with Gasteiger partial charge in [0.1, 0.15) is 18.3 Å². The molecule has 0 aliphatic heterocycles. The van der Waals surface area contributed by atoms with Gasteiger partial charge in [-0.2, -0.15) is 0 Å². The first-order chi connectivity index (χ1) is 18.1. The number of benzene rings is 3. The average Bonchev–Trinajstić information content (AvgIpc) is 2.93. The number of amides is 2. The van der Waals surface area contributed by atoms with E-state index < -0.39 is 28.5 Å². The summed E-state index contributed by atoms with van der Waals surface area (Å²) in [5.41, 5.74) is 1.04. The van der Waals surface area contributed by atoms with Crippen molar-refractivity contribution in [2.75, 3.05) is 24.5 Å². The van der Waals surface area contributed by atoms with Crippen molar-refractivity contribution < 1.29 is 22.7 Å². The molecule has 38 heavy (non-hydrogen) atoms. The van der Waals surface area contributed by atoms with Crippen molar-refractivity contribution in [3.05, 3.63) is 90.5 Å². The molecule has 0 bridgehead atoms.